The second-order valence-electron chi connectivity index (χ2n) is 4.54. The van der Waals surface area contributed by atoms with E-state index in [-0.39, 0.29) is 16.7 Å². The number of nitrogens with zero attached hydrogens (tertiary/aromatic N) is 2. The Bertz CT molecular complexity index is 493. The molecule has 0 spiro atoms. The molecule has 0 saturated carbocycles. The van der Waals surface area contributed by atoms with Crippen molar-refractivity contribution < 1.29 is 14.5 Å². The van der Waals surface area contributed by atoms with Crippen LogP contribution in [0.4, 0.5) is 10.5 Å². The molecule has 0 bridgehead atoms. The third-order valence-corrected chi connectivity index (χ3v) is 3.39. The predicted octanol–water partition coefficient (Wildman–Crippen LogP) is 2.33. The van der Waals surface area contributed by atoms with Crippen LogP contribution in [-0.4, -0.2) is 42.7 Å². The summed E-state index contributed by atoms with van der Waals surface area (Å²) in [6.45, 7) is 5.62. The van der Waals surface area contributed by atoms with Crippen molar-refractivity contribution >= 4 is 11.8 Å². The van der Waals surface area contributed by atoms with E-state index in [1.165, 1.54) is 13.2 Å². The molecule has 1 N–H and O–H groups in total. The number of methoxy groups -OCH3 is 1. The van der Waals surface area contributed by atoms with Crippen LogP contribution in [0.1, 0.15) is 25.5 Å². The van der Waals surface area contributed by atoms with E-state index in [9.17, 15) is 14.9 Å². The topological polar surface area (TPSA) is 84.7 Å². The standard InChI is InChI=1S/C14H21N3O4/c1-4-16(10-9-15-14(18)21-3)11(2)12-7-5-6-8-13(12)17(19)20/h5-8,11H,4,9-10H2,1-3H3,(H,15,18). The number of nitro groups is 1. The zero-order chi connectivity index (χ0) is 15.8. The van der Waals surface area contributed by atoms with Crippen molar-refractivity contribution in [1.82, 2.24) is 10.2 Å². The number of hydrogen-bond acceptors (Lipinski definition) is 5. The Morgan fingerprint density at radius 1 is 1.48 bits per heavy atom. The van der Waals surface area contributed by atoms with Crippen molar-refractivity contribution in [2.45, 2.75) is 19.9 Å². The average molecular weight is 295 g/mol. The molecule has 7 nitrogen and oxygen atoms in total. The number of carbonyl (C=O) groups is 1. The molecule has 21 heavy (non-hydrogen) atoms. The van der Waals surface area contributed by atoms with Gasteiger partial charge in [-0.15, -0.1) is 0 Å². The van der Waals surface area contributed by atoms with Gasteiger partial charge in [0.1, 0.15) is 0 Å². The summed E-state index contributed by atoms with van der Waals surface area (Å²) >= 11 is 0. The maximum absolute atomic E-state index is 11.1. The monoisotopic (exact) mass is 295 g/mol. The fraction of sp³-hybridized carbons (Fsp3) is 0.500. The van der Waals surface area contributed by atoms with Crippen LogP contribution in [0.2, 0.25) is 0 Å². The van der Waals surface area contributed by atoms with E-state index in [4.69, 9.17) is 0 Å². The van der Waals surface area contributed by atoms with Gasteiger partial charge in [0, 0.05) is 30.8 Å². The highest BCUT2D eigenvalue weighted by molar-refractivity contribution is 5.66. The van der Waals surface area contributed by atoms with E-state index in [2.05, 4.69) is 15.0 Å². The number of alkyl carbamates (subject to hydrolysis) is 1. The Labute approximate surface area is 124 Å². The molecule has 0 aliphatic carbocycles. The molecule has 0 aliphatic heterocycles. The van der Waals surface area contributed by atoms with Crippen molar-refractivity contribution in [3.63, 3.8) is 0 Å². The predicted molar refractivity (Wildman–Crippen MR) is 79.2 cm³/mol. The number of nitro benzene ring substituents is 1. The molecule has 1 aromatic carbocycles. The molecule has 0 aliphatic rings. The first-order valence-electron chi connectivity index (χ1n) is 6.80. The minimum atomic E-state index is -0.482. The number of hydrogen-bond donors (Lipinski definition) is 1. The molecule has 1 rings (SSSR count). The number of ether oxygens (including phenoxy) is 1. The van der Waals surface area contributed by atoms with E-state index in [0.717, 1.165) is 6.54 Å². The van der Waals surface area contributed by atoms with Crippen LogP contribution in [0, 0.1) is 10.1 Å². The quantitative estimate of drug-likeness (QED) is 0.616. The highest BCUT2D eigenvalue weighted by Gasteiger charge is 2.22. The molecule has 7 heteroatoms. The van der Waals surface area contributed by atoms with Gasteiger partial charge in [0.25, 0.3) is 5.69 Å². The van der Waals surface area contributed by atoms with Crippen LogP contribution in [-0.2, 0) is 4.74 Å². The molecule has 1 atom stereocenters. The van der Waals surface area contributed by atoms with Crippen LogP contribution >= 0.6 is 0 Å². The number of amides is 1. The molecule has 1 unspecified atom stereocenters. The third-order valence-electron chi connectivity index (χ3n) is 3.39. The number of carbonyl (C=O) groups excluding carboxylic acids is 1. The minimum Gasteiger partial charge on any atom is -0.453 e. The van der Waals surface area contributed by atoms with Gasteiger partial charge in [-0.2, -0.15) is 0 Å². The van der Waals surface area contributed by atoms with Gasteiger partial charge in [0.2, 0.25) is 0 Å². The summed E-state index contributed by atoms with van der Waals surface area (Å²) in [6.07, 6.45) is -0.482. The lowest BCUT2D eigenvalue weighted by Crippen LogP contribution is -2.36. The number of benzene rings is 1. The summed E-state index contributed by atoms with van der Waals surface area (Å²) in [4.78, 5) is 23.8. The van der Waals surface area contributed by atoms with Crippen LogP contribution < -0.4 is 5.32 Å². The Kier molecular flexibility index (Phi) is 6.61. The number of likely N-dealkylation sites (N-methyl/N-ethyl adjacent to an activating group) is 1. The summed E-state index contributed by atoms with van der Waals surface area (Å²) in [6, 6.07) is 6.60. The van der Waals surface area contributed by atoms with E-state index in [1.807, 2.05) is 13.8 Å². The molecule has 116 valence electrons. The van der Waals surface area contributed by atoms with Gasteiger partial charge in [-0.05, 0) is 13.5 Å². The van der Waals surface area contributed by atoms with Crippen molar-refractivity contribution in [2.24, 2.45) is 0 Å². The largest absolute Gasteiger partial charge is 0.453 e. The molecule has 0 heterocycles. The molecule has 1 aromatic rings. The second-order valence-corrected chi connectivity index (χ2v) is 4.54. The van der Waals surface area contributed by atoms with Gasteiger partial charge in [0.15, 0.2) is 0 Å². The maximum atomic E-state index is 11.1. The molecule has 1 amide bonds. The van der Waals surface area contributed by atoms with Crippen molar-refractivity contribution in [2.75, 3.05) is 26.7 Å². The van der Waals surface area contributed by atoms with Crippen molar-refractivity contribution in [3.05, 3.63) is 39.9 Å². The van der Waals surface area contributed by atoms with E-state index >= 15 is 0 Å². The first kappa shape index (κ1) is 16.9. The smallest absolute Gasteiger partial charge is 0.406 e. The van der Waals surface area contributed by atoms with Crippen LogP contribution in [0.15, 0.2) is 24.3 Å². The van der Waals surface area contributed by atoms with Crippen LogP contribution in [0.25, 0.3) is 0 Å². The summed E-state index contributed by atoms with van der Waals surface area (Å²) in [5, 5.41) is 13.7. The lowest BCUT2D eigenvalue weighted by atomic mass is 10.0. The first-order chi connectivity index (χ1) is 10.0. The Hall–Kier alpha value is -2.15. The normalized spacial score (nSPS) is 12.0. The van der Waals surface area contributed by atoms with Gasteiger partial charge in [-0.3, -0.25) is 15.0 Å². The van der Waals surface area contributed by atoms with Crippen molar-refractivity contribution in [3.8, 4) is 0 Å². The number of rotatable bonds is 7. The molecule has 0 aromatic heterocycles. The van der Waals surface area contributed by atoms with Gasteiger partial charge in [-0.1, -0.05) is 25.1 Å². The summed E-state index contributed by atoms with van der Waals surface area (Å²) < 4.78 is 4.50. The van der Waals surface area contributed by atoms with E-state index < -0.39 is 6.09 Å². The van der Waals surface area contributed by atoms with E-state index in [1.54, 1.807) is 18.2 Å². The molecule has 0 saturated heterocycles. The van der Waals surface area contributed by atoms with E-state index in [0.29, 0.717) is 18.7 Å². The first-order valence-corrected chi connectivity index (χ1v) is 6.80. The highest BCUT2D eigenvalue weighted by Crippen LogP contribution is 2.28. The van der Waals surface area contributed by atoms with Crippen molar-refractivity contribution in [1.29, 1.82) is 0 Å². The summed E-state index contributed by atoms with van der Waals surface area (Å²) in [5.74, 6) is 0. The maximum Gasteiger partial charge on any atom is 0.406 e. The van der Waals surface area contributed by atoms with Gasteiger partial charge >= 0.3 is 6.09 Å². The van der Waals surface area contributed by atoms with Gasteiger partial charge in [0.05, 0.1) is 12.0 Å². The minimum absolute atomic E-state index is 0.115. The highest BCUT2D eigenvalue weighted by atomic mass is 16.6. The zero-order valence-electron chi connectivity index (χ0n) is 12.5. The Morgan fingerprint density at radius 2 is 2.14 bits per heavy atom. The van der Waals surface area contributed by atoms with Crippen LogP contribution in [0.5, 0.6) is 0 Å². The number of para-hydroxylation sites is 1. The fourth-order valence-corrected chi connectivity index (χ4v) is 2.20. The molecule has 0 radical (unpaired) electrons. The lowest BCUT2D eigenvalue weighted by molar-refractivity contribution is -0.386. The summed E-state index contributed by atoms with van der Waals surface area (Å²) in [5.41, 5.74) is 0.784. The third kappa shape index (κ3) is 4.71. The Balaban J connectivity index is 2.77. The SMILES string of the molecule is CCN(CCNC(=O)OC)C(C)c1ccccc1[N+](=O)[O-]. The van der Waals surface area contributed by atoms with Gasteiger partial charge < -0.3 is 10.1 Å². The lowest BCUT2D eigenvalue weighted by Gasteiger charge is -2.27. The molecular weight excluding hydrogens is 274 g/mol. The molecular formula is C14H21N3O4. The second kappa shape index (κ2) is 8.21. The fourth-order valence-electron chi connectivity index (χ4n) is 2.20. The average Bonchev–Trinajstić information content (AvgIpc) is 2.50. The summed E-state index contributed by atoms with van der Waals surface area (Å²) in [7, 11) is 1.31. The van der Waals surface area contributed by atoms with Gasteiger partial charge in [-0.25, -0.2) is 4.79 Å². The van der Waals surface area contributed by atoms with Crippen LogP contribution in [0.3, 0.4) is 0 Å². The molecule has 0 fully saturated rings. The Morgan fingerprint density at radius 3 is 2.71 bits per heavy atom. The number of nitrogens with one attached hydrogen (secondary N) is 1. The zero-order valence-corrected chi connectivity index (χ0v) is 12.5.